The maximum Gasteiger partial charge on any atom is 0.326 e. The molecule has 0 unspecified atom stereocenters. The Bertz CT molecular complexity index is 468. The zero-order chi connectivity index (χ0) is 14.6. The summed E-state index contributed by atoms with van der Waals surface area (Å²) in [5.74, 6) is -1.53. The molecule has 1 atom stereocenters. The number of carbonyl (C=O) groups excluding carboxylic acids is 1. The van der Waals surface area contributed by atoms with Gasteiger partial charge in [-0.3, -0.25) is 4.79 Å². The number of hydrogen-bond donors (Lipinski definition) is 2. The summed E-state index contributed by atoms with van der Waals surface area (Å²) in [6.07, 6.45) is 1.81. The number of nitrogens with zero attached hydrogens (tertiary/aromatic N) is 1. The van der Waals surface area contributed by atoms with Gasteiger partial charge < -0.3 is 10.4 Å². The second kappa shape index (κ2) is 6.65. The summed E-state index contributed by atoms with van der Waals surface area (Å²) in [6.45, 7) is 7.35. The van der Waals surface area contributed by atoms with Gasteiger partial charge in [-0.25, -0.2) is 9.78 Å². The molecular formula is C13H20N2O3S. The quantitative estimate of drug-likeness (QED) is 0.839. The molecule has 6 heteroatoms. The third kappa shape index (κ3) is 4.02. The maximum atomic E-state index is 12.1. The average molecular weight is 284 g/mol. The molecule has 0 aliphatic rings. The molecule has 1 rings (SSSR count). The topological polar surface area (TPSA) is 79.3 Å². The molecular weight excluding hydrogens is 264 g/mol. The van der Waals surface area contributed by atoms with Crippen LogP contribution in [0.4, 0.5) is 0 Å². The molecule has 0 aromatic carbocycles. The summed E-state index contributed by atoms with van der Waals surface area (Å²) in [7, 11) is 0. The van der Waals surface area contributed by atoms with Crippen molar-refractivity contribution in [3.63, 3.8) is 0 Å². The van der Waals surface area contributed by atoms with Crippen LogP contribution in [0.2, 0.25) is 0 Å². The molecule has 5 nitrogen and oxygen atoms in total. The SMILES string of the molecule is CCCc1nc(C)c(C(=O)N[C@@H](C(=O)O)C(C)C)s1. The molecule has 0 spiro atoms. The minimum Gasteiger partial charge on any atom is -0.480 e. The fourth-order valence-electron chi connectivity index (χ4n) is 1.70. The lowest BCUT2D eigenvalue weighted by molar-refractivity contribution is -0.140. The van der Waals surface area contributed by atoms with E-state index in [-0.39, 0.29) is 11.8 Å². The monoisotopic (exact) mass is 284 g/mol. The van der Waals surface area contributed by atoms with Crippen molar-refractivity contribution in [1.29, 1.82) is 0 Å². The lowest BCUT2D eigenvalue weighted by Crippen LogP contribution is -2.44. The number of aryl methyl sites for hydroxylation is 2. The van der Waals surface area contributed by atoms with Gasteiger partial charge >= 0.3 is 5.97 Å². The number of carbonyl (C=O) groups is 2. The second-order valence-electron chi connectivity index (χ2n) is 4.81. The predicted octanol–water partition coefficient (Wildman–Crippen LogP) is 2.24. The lowest BCUT2D eigenvalue weighted by atomic mass is 10.0. The van der Waals surface area contributed by atoms with Crippen molar-refractivity contribution in [2.45, 2.75) is 46.6 Å². The van der Waals surface area contributed by atoms with Crippen LogP contribution in [-0.4, -0.2) is 28.0 Å². The molecule has 0 radical (unpaired) electrons. The first-order valence-electron chi connectivity index (χ1n) is 6.36. The van der Waals surface area contributed by atoms with Gasteiger partial charge in [0.2, 0.25) is 0 Å². The smallest absolute Gasteiger partial charge is 0.326 e. The van der Waals surface area contributed by atoms with E-state index >= 15 is 0 Å². The molecule has 1 amide bonds. The highest BCUT2D eigenvalue weighted by Gasteiger charge is 2.25. The number of carboxylic acids is 1. The molecule has 2 N–H and O–H groups in total. The third-order valence-corrected chi connectivity index (χ3v) is 3.95. The molecule has 1 aromatic heterocycles. The largest absolute Gasteiger partial charge is 0.480 e. The van der Waals surface area contributed by atoms with Gasteiger partial charge in [-0.2, -0.15) is 0 Å². The Balaban J connectivity index is 2.85. The van der Waals surface area contributed by atoms with Gasteiger partial charge in [0.15, 0.2) is 0 Å². The van der Waals surface area contributed by atoms with E-state index in [1.54, 1.807) is 20.8 Å². The van der Waals surface area contributed by atoms with Gasteiger partial charge in [0, 0.05) is 0 Å². The average Bonchev–Trinajstić information content (AvgIpc) is 2.66. The number of hydrogen-bond acceptors (Lipinski definition) is 4. The van der Waals surface area contributed by atoms with Gasteiger partial charge in [0.05, 0.1) is 10.7 Å². The molecule has 1 aromatic rings. The summed E-state index contributed by atoms with van der Waals surface area (Å²) < 4.78 is 0. The van der Waals surface area contributed by atoms with Gasteiger partial charge in [-0.15, -0.1) is 11.3 Å². The van der Waals surface area contributed by atoms with Crippen LogP contribution in [0.25, 0.3) is 0 Å². The van der Waals surface area contributed by atoms with Crippen molar-refractivity contribution >= 4 is 23.2 Å². The molecule has 0 bridgehead atoms. The van der Waals surface area contributed by atoms with Crippen molar-refractivity contribution in [3.8, 4) is 0 Å². The van der Waals surface area contributed by atoms with Crippen LogP contribution >= 0.6 is 11.3 Å². The van der Waals surface area contributed by atoms with E-state index in [1.807, 2.05) is 0 Å². The van der Waals surface area contributed by atoms with E-state index in [0.29, 0.717) is 10.6 Å². The van der Waals surface area contributed by atoms with Crippen molar-refractivity contribution < 1.29 is 14.7 Å². The van der Waals surface area contributed by atoms with Crippen LogP contribution in [0.1, 0.15) is 47.6 Å². The number of carboxylic acid groups (broad SMARTS) is 1. The number of nitrogens with one attached hydrogen (secondary N) is 1. The fraction of sp³-hybridized carbons (Fsp3) is 0.615. The van der Waals surface area contributed by atoms with Crippen LogP contribution in [0.15, 0.2) is 0 Å². The summed E-state index contributed by atoms with van der Waals surface area (Å²) in [5, 5.41) is 12.5. The number of amides is 1. The van der Waals surface area contributed by atoms with E-state index in [4.69, 9.17) is 5.11 Å². The summed E-state index contributed by atoms with van der Waals surface area (Å²) >= 11 is 1.34. The van der Waals surface area contributed by atoms with Gasteiger partial charge in [0.25, 0.3) is 5.91 Å². The third-order valence-electron chi connectivity index (χ3n) is 2.73. The van der Waals surface area contributed by atoms with E-state index in [9.17, 15) is 9.59 Å². The van der Waals surface area contributed by atoms with Crippen molar-refractivity contribution in [2.24, 2.45) is 5.92 Å². The fourth-order valence-corrected chi connectivity index (χ4v) is 2.77. The van der Waals surface area contributed by atoms with Gasteiger partial charge in [-0.05, 0) is 25.7 Å². The first-order valence-corrected chi connectivity index (χ1v) is 7.18. The Morgan fingerprint density at radius 2 is 2.05 bits per heavy atom. The van der Waals surface area contributed by atoms with Crippen molar-refractivity contribution in [3.05, 3.63) is 15.6 Å². The number of thiazole rings is 1. The standard InChI is InChI=1S/C13H20N2O3S/c1-5-6-9-14-8(4)11(19-9)12(16)15-10(7(2)3)13(17)18/h7,10H,5-6H2,1-4H3,(H,15,16)(H,17,18)/t10-/m1/s1. The molecule has 0 aliphatic carbocycles. The zero-order valence-electron chi connectivity index (χ0n) is 11.7. The molecule has 0 fully saturated rings. The van der Waals surface area contributed by atoms with E-state index in [2.05, 4.69) is 17.2 Å². The zero-order valence-corrected chi connectivity index (χ0v) is 12.5. The highest BCUT2D eigenvalue weighted by atomic mass is 32.1. The number of aliphatic carboxylic acids is 1. The Labute approximate surface area is 117 Å². The Hall–Kier alpha value is -1.43. The predicted molar refractivity (Wildman–Crippen MR) is 74.6 cm³/mol. The van der Waals surface area contributed by atoms with E-state index in [1.165, 1.54) is 11.3 Å². The highest BCUT2D eigenvalue weighted by Crippen LogP contribution is 2.19. The Morgan fingerprint density at radius 1 is 1.42 bits per heavy atom. The Kier molecular flexibility index (Phi) is 5.47. The minimum atomic E-state index is -1.01. The molecule has 19 heavy (non-hydrogen) atoms. The van der Waals surface area contributed by atoms with Crippen LogP contribution in [-0.2, 0) is 11.2 Å². The summed E-state index contributed by atoms with van der Waals surface area (Å²) in [4.78, 5) is 28.0. The lowest BCUT2D eigenvalue weighted by Gasteiger charge is -2.17. The number of rotatable bonds is 6. The van der Waals surface area contributed by atoms with Crippen LogP contribution in [0.5, 0.6) is 0 Å². The van der Waals surface area contributed by atoms with Gasteiger partial charge in [0.1, 0.15) is 10.9 Å². The normalized spacial score (nSPS) is 12.5. The second-order valence-corrected chi connectivity index (χ2v) is 5.89. The van der Waals surface area contributed by atoms with Crippen molar-refractivity contribution in [1.82, 2.24) is 10.3 Å². The first kappa shape index (κ1) is 15.6. The molecule has 0 saturated carbocycles. The summed E-state index contributed by atoms with van der Waals surface area (Å²) in [6, 6.07) is -0.872. The number of aromatic nitrogens is 1. The van der Waals surface area contributed by atoms with E-state index < -0.39 is 12.0 Å². The van der Waals surface area contributed by atoms with Crippen LogP contribution < -0.4 is 5.32 Å². The molecule has 0 aliphatic heterocycles. The molecule has 106 valence electrons. The van der Waals surface area contributed by atoms with Crippen molar-refractivity contribution in [2.75, 3.05) is 0 Å². The Morgan fingerprint density at radius 3 is 2.53 bits per heavy atom. The first-order chi connectivity index (χ1) is 8.86. The molecule has 0 saturated heterocycles. The van der Waals surface area contributed by atoms with Crippen LogP contribution in [0, 0.1) is 12.8 Å². The maximum absolute atomic E-state index is 12.1. The highest BCUT2D eigenvalue weighted by molar-refractivity contribution is 7.13. The van der Waals surface area contributed by atoms with E-state index in [0.717, 1.165) is 17.8 Å². The van der Waals surface area contributed by atoms with Gasteiger partial charge in [-0.1, -0.05) is 20.8 Å². The molecule has 1 heterocycles. The minimum absolute atomic E-state index is 0.162. The van der Waals surface area contributed by atoms with Crippen LogP contribution in [0.3, 0.4) is 0 Å². The summed E-state index contributed by atoms with van der Waals surface area (Å²) in [5.41, 5.74) is 0.666.